The number of aliphatic hydroxyl groups is 1. The second kappa shape index (κ2) is 8.55. The number of ether oxygens (including phenoxy) is 1. The van der Waals surface area contributed by atoms with E-state index in [1.54, 1.807) is 18.9 Å². The molecule has 1 fully saturated rings. The first kappa shape index (κ1) is 20.7. The molecule has 28 heavy (non-hydrogen) atoms. The predicted molar refractivity (Wildman–Crippen MR) is 110 cm³/mol. The third kappa shape index (κ3) is 3.64. The minimum atomic E-state index is -0.989. The Kier molecular flexibility index (Phi) is 6.33. The van der Waals surface area contributed by atoms with Crippen molar-refractivity contribution in [1.29, 1.82) is 0 Å². The fraction of sp³-hybridized carbons (Fsp3) is 0.409. The van der Waals surface area contributed by atoms with Crippen molar-refractivity contribution in [2.45, 2.75) is 35.2 Å². The van der Waals surface area contributed by atoms with Gasteiger partial charge in [0, 0.05) is 20.9 Å². The van der Waals surface area contributed by atoms with Crippen molar-refractivity contribution in [3.8, 4) is 5.75 Å². The molecule has 2 aromatic carbocycles. The number of rotatable bonds is 2. The molecule has 4 rings (SSSR count). The molecule has 5 nitrogen and oxygen atoms in total. The van der Waals surface area contributed by atoms with Gasteiger partial charge in [-0.25, -0.2) is 0 Å². The second-order valence-corrected chi connectivity index (χ2v) is 8.47. The molecule has 0 amide bonds. The molecule has 1 atom stereocenters. The molecule has 6 heteroatoms. The number of methoxy groups -OCH3 is 1. The smallest absolute Gasteiger partial charge is 0.290 e. The van der Waals surface area contributed by atoms with Gasteiger partial charge in [0.1, 0.15) is 11.4 Å². The number of benzene rings is 2. The number of nitrogens with zero attached hydrogens (tertiary/aromatic N) is 1. The fourth-order valence-electron chi connectivity index (χ4n) is 4.27. The third-order valence-electron chi connectivity index (χ3n) is 5.67. The maximum atomic E-state index is 12.2. The molecule has 0 saturated carbocycles. The van der Waals surface area contributed by atoms with Gasteiger partial charge < -0.3 is 19.8 Å². The summed E-state index contributed by atoms with van der Waals surface area (Å²) in [4.78, 5) is 13.0. The number of hydrogen-bond donors (Lipinski definition) is 2. The number of hydrogen-bond acceptors (Lipinski definition) is 5. The Hall–Kier alpha value is -2.02. The van der Waals surface area contributed by atoms with Gasteiger partial charge in [-0.15, -0.1) is 0 Å². The van der Waals surface area contributed by atoms with E-state index in [1.807, 2.05) is 12.1 Å². The Morgan fingerprint density at radius 2 is 1.89 bits per heavy atom. The van der Waals surface area contributed by atoms with Crippen LogP contribution in [-0.2, 0) is 10.4 Å². The third-order valence-corrected chi connectivity index (χ3v) is 6.78. The van der Waals surface area contributed by atoms with E-state index in [0.717, 1.165) is 47.7 Å². The summed E-state index contributed by atoms with van der Waals surface area (Å²) < 4.78 is 5.68. The van der Waals surface area contributed by atoms with Crippen LogP contribution in [0, 0.1) is 12.8 Å². The number of likely N-dealkylation sites (tertiary alicyclic amines) is 1. The first-order chi connectivity index (χ1) is 13.4. The van der Waals surface area contributed by atoms with Gasteiger partial charge in [0.2, 0.25) is 0 Å². The Balaban J connectivity index is 0.000000706. The molecule has 0 aromatic heterocycles. The van der Waals surface area contributed by atoms with Crippen molar-refractivity contribution in [3.63, 3.8) is 0 Å². The van der Waals surface area contributed by atoms with Crippen LogP contribution >= 0.6 is 11.8 Å². The lowest BCUT2D eigenvalue weighted by molar-refractivity contribution is -0.122. The SMILES string of the molecule is COc1cccc2c1C(O)(C1CCN(C)CC1)c1ccc(C)cc1S2.O=CO. The Morgan fingerprint density at radius 1 is 1.21 bits per heavy atom. The summed E-state index contributed by atoms with van der Waals surface area (Å²) in [5, 5.41) is 19.1. The number of piperidine rings is 1. The van der Waals surface area contributed by atoms with Crippen LogP contribution in [0.25, 0.3) is 0 Å². The largest absolute Gasteiger partial charge is 0.496 e. The van der Waals surface area contributed by atoms with Gasteiger partial charge in [0.05, 0.1) is 7.11 Å². The van der Waals surface area contributed by atoms with Crippen LogP contribution in [0.15, 0.2) is 46.2 Å². The first-order valence-corrected chi connectivity index (χ1v) is 10.2. The van der Waals surface area contributed by atoms with Crippen molar-refractivity contribution in [3.05, 3.63) is 53.1 Å². The highest BCUT2D eigenvalue weighted by Crippen LogP contribution is 2.55. The van der Waals surface area contributed by atoms with Crippen molar-refractivity contribution in [1.82, 2.24) is 4.90 Å². The molecule has 1 unspecified atom stereocenters. The molecule has 0 bridgehead atoms. The summed E-state index contributed by atoms with van der Waals surface area (Å²) in [6.45, 7) is 3.90. The van der Waals surface area contributed by atoms with Crippen molar-refractivity contribution >= 4 is 18.2 Å². The Morgan fingerprint density at radius 3 is 2.54 bits per heavy atom. The molecule has 0 radical (unpaired) electrons. The van der Waals surface area contributed by atoms with E-state index in [2.05, 4.69) is 43.1 Å². The summed E-state index contributed by atoms with van der Waals surface area (Å²) in [5.74, 6) is 0.985. The lowest BCUT2D eigenvalue weighted by Gasteiger charge is -2.45. The molecule has 1 saturated heterocycles. The predicted octanol–water partition coefficient (Wildman–Crippen LogP) is 3.75. The Labute approximate surface area is 170 Å². The first-order valence-electron chi connectivity index (χ1n) is 9.41. The number of carbonyl (C=O) groups is 1. The van der Waals surface area contributed by atoms with Gasteiger partial charge in [0.15, 0.2) is 0 Å². The summed E-state index contributed by atoms with van der Waals surface area (Å²) in [6.07, 6.45) is 1.98. The zero-order valence-electron chi connectivity index (χ0n) is 16.5. The normalized spacial score (nSPS) is 21.7. The molecular weight excluding hydrogens is 374 g/mol. The molecule has 0 spiro atoms. The number of carboxylic acid groups (broad SMARTS) is 1. The van der Waals surface area contributed by atoms with Crippen molar-refractivity contribution in [2.75, 3.05) is 27.2 Å². The number of aryl methyl sites for hydroxylation is 1. The molecule has 2 aliphatic rings. The van der Waals surface area contributed by atoms with E-state index >= 15 is 0 Å². The lowest BCUT2D eigenvalue weighted by Crippen LogP contribution is -2.44. The molecule has 150 valence electrons. The van der Waals surface area contributed by atoms with E-state index in [-0.39, 0.29) is 12.4 Å². The highest BCUT2D eigenvalue weighted by molar-refractivity contribution is 7.99. The van der Waals surface area contributed by atoms with E-state index in [4.69, 9.17) is 14.6 Å². The second-order valence-electron chi connectivity index (χ2n) is 7.38. The van der Waals surface area contributed by atoms with Gasteiger partial charge in [-0.05, 0) is 69.6 Å². The molecule has 0 aliphatic carbocycles. The summed E-state index contributed by atoms with van der Waals surface area (Å²) in [6, 6.07) is 12.5. The van der Waals surface area contributed by atoms with Crippen LogP contribution in [0.1, 0.15) is 29.5 Å². The highest BCUT2D eigenvalue weighted by Gasteiger charge is 2.48. The topological polar surface area (TPSA) is 70.0 Å². The highest BCUT2D eigenvalue weighted by atomic mass is 32.2. The van der Waals surface area contributed by atoms with E-state index < -0.39 is 5.60 Å². The molecule has 2 aromatic rings. The number of fused-ring (bicyclic) bond motifs is 2. The monoisotopic (exact) mass is 401 g/mol. The van der Waals surface area contributed by atoms with Crippen molar-refractivity contribution < 1.29 is 19.7 Å². The summed E-state index contributed by atoms with van der Waals surface area (Å²) in [7, 11) is 3.85. The minimum absolute atomic E-state index is 0.195. The van der Waals surface area contributed by atoms with E-state index in [0.29, 0.717) is 0 Å². The summed E-state index contributed by atoms with van der Waals surface area (Å²) in [5.41, 5.74) is 2.23. The molecule has 2 aliphatic heterocycles. The summed E-state index contributed by atoms with van der Waals surface area (Å²) >= 11 is 1.74. The molecule has 2 N–H and O–H groups in total. The molecular formula is C22H27NO4S. The molecule has 2 heterocycles. The average Bonchev–Trinajstić information content (AvgIpc) is 2.68. The fourth-order valence-corrected chi connectivity index (χ4v) is 5.59. The van der Waals surface area contributed by atoms with Crippen molar-refractivity contribution in [2.24, 2.45) is 5.92 Å². The maximum absolute atomic E-state index is 12.2. The van der Waals surface area contributed by atoms with E-state index in [9.17, 15) is 5.11 Å². The van der Waals surface area contributed by atoms with Crippen LogP contribution in [0.3, 0.4) is 0 Å². The maximum Gasteiger partial charge on any atom is 0.290 e. The van der Waals surface area contributed by atoms with Crippen LogP contribution in [-0.4, -0.2) is 48.8 Å². The van der Waals surface area contributed by atoms with Crippen LogP contribution in [0.5, 0.6) is 5.75 Å². The van der Waals surface area contributed by atoms with Gasteiger partial charge in [-0.1, -0.05) is 30.0 Å². The van der Waals surface area contributed by atoms with Gasteiger partial charge >= 0.3 is 0 Å². The average molecular weight is 402 g/mol. The van der Waals surface area contributed by atoms with E-state index in [1.165, 1.54) is 10.5 Å². The quantitative estimate of drug-likeness (QED) is 0.747. The van der Waals surface area contributed by atoms with Gasteiger partial charge in [-0.2, -0.15) is 0 Å². The standard InChI is InChI=1S/C21H25NO2S.CH2O2/c1-14-7-8-16-19(13-14)25-18-6-4-5-17(24-3)20(18)21(16,23)15-9-11-22(2)12-10-15;2-1-3/h4-8,13,15,23H,9-12H2,1-3H3;1H,(H,2,3). The van der Waals surface area contributed by atoms with Gasteiger partial charge in [0.25, 0.3) is 6.47 Å². The van der Waals surface area contributed by atoms with Crippen LogP contribution < -0.4 is 4.74 Å². The minimum Gasteiger partial charge on any atom is -0.496 e. The zero-order valence-corrected chi connectivity index (χ0v) is 17.3. The zero-order chi connectivity index (χ0) is 20.3. The lowest BCUT2D eigenvalue weighted by atomic mass is 9.71. The van der Waals surface area contributed by atoms with Crippen LogP contribution in [0.2, 0.25) is 0 Å². The van der Waals surface area contributed by atoms with Crippen LogP contribution in [0.4, 0.5) is 0 Å². The Bertz CT molecular complexity index is 848. The van der Waals surface area contributed by atoms with Gasteiger partial charge in [-0.3, -0.25) is 4.79 Å².